The summed E-state index contributed by atoms with van der Waals surface area (Å²) in [6, 6.07) is 16.1. The monoisotopic (exact) mass is 255 g/mol. The number of hydrogen-bond acceptors (Lipinski definition) is 2. The van der Waals surface area contributed by atoms with Crippen LogP contribution in [0.2, 0.25) is 0 Å². The number of hydrogen-bond donors (Lipinski definition) is 1. The van der Waals surface area contributed by atoms with E-state index in [0.717, 1.165) is 17.7 Å². The smallest absolute Gasteiger partial charge is 0.104 e. The summed E-state index contributed by atoms with van der Waals surface area (Å²) in [5, 5.41) is 10.6. The molecule has 0 unspecified atom stereocenters. The topological polar surface area (TPSA) is 23.5 Å². The molecule has 2 aromatic rings. The van der Waals surface area contributed by atoms with Crippen LogP contribution in [0, 0.1) is 6.92 Å². The van der Waals surface area contributed by atoms with E-state index in [1.165, 1.54) is 11.1 Å². The maximum atomic E-state index is 10.6. The van der Waals surface area contributed by atoms with Crippen molar-refractivity contribution in [3.63, 3.8) is 0 Å². The van der Waals surface area contributed by atoms with Crippen molar-refractivity contribution in [2.45, 2.75) is 19.6 Å². The van der Waals surface area contributed by atoms with E-state index in [0.29, 0.717) is 0 Å². The molecule has 1 atom stereocenters. The van der Waals surface area contributed by atoms with Crippen LogP contribution in [0.25, 0.3) is 0 Å². The number of rotatable bonds is 4. The summed E-state index contributed by atoms with van der Waals surface area (Å²) in [7, 11) is 4.08. The van der Waals surface area contributed by atoms with Gasteiger partial charge in [0.05, 0.1) is 0 Å². The average molecular weight is 255 g/mol. The predicted molar refractivity (Wildman–Crippen MR) is 79.1 cm³/mol. The fraction of sp³-hybridized carbons (Fsp3) is 0.294. The highest BCUT2D eigenvalue weighted by Gasteiger charge is 2.14. The normalized spacial score (nSPS) is 12.7. The minimum Gasteiger partial charge on any atom is -0.384 e. The maximum Gasteiger partial charge on any atom is 0.104 e. The van der Waals surface area contributed by atoms with Crippen LogP contribution in [0.4, 0.5) is 0 Å². The van der Waals surface area contributed by atoms with Crippen LogP contribution in [0.15, 0.2) is 48.5 Å². The Labute approximate surface area is 115 Å². The standard InChI is InChI=1S/C17H21NO/c1-13-9-10-15(12-18(2)3)16(11-13)17(19)14-7-5-4-6-8-14/h4-11,17,19H,12H2,1-3H3/t17-/m0/s1. The van der Waals surface area contributed by atoms with Crippen molar-refractivity contribution in [3.05, 3.63) is 70.8 Å². The zero-order chi connectivity index (χ0) is 13.8. The molecule has 2 heteroatoms. The van der Waals surface area contributed by atoms with Crippen LogP contribution >= 0.6 is 0 Å². The van der Waals surface area contributed by atoms with Gasteiger partial charge < -0.3 is 10.0 Å². The molecule has 2 aromatic carbocycles. The summed E-state index contributed by atoms with van der Waals surface area (Å²) in [6.45, 7) is 2.89. The van der Waals surface area contributed by atoms with E-state index < -0.39 is 6.10 Å². The molecule has 0 saturated carbocycles. The SMILES string of the molecule is Cc1ccc(CN(C)C)c([C@@H](O)c2ccccc2)c1. The molecule has 0 saturated heterocycles. The summed E-state index contributed by atoms with van der Waals surface area (Å²) in [4.78, 5) is 2.12. The summed E-state index contributed by atoms with van der Waals surface area (Å²) in [5.41, 5.74) is 4.28. The molecule has 100 valence electrons. The lowest BCUT2D eigenvalue weighted by atomic mass is 9.95. The third kappa shape index (κ3) is 3.43. The first-order valence-electron chi connectivity index (χ1n) is 6.55. The fourth-order valence-corrected chi connectivity index (χ4v) is 2.27. The second kappa shape index (κ2) is 6.00. The van der Waals surface area contributed by atoms with E-state index in [2.05, 4.69) is 30.0 Å². The zero-order valence-corrected chi connectivity index (χ0v) is 11.8. The van der Waals surface area contributed by atoms with Crippen molar-refractivity contribution < 1.29 is 5.11 Å². The van der Waals surface area contributed by atoms with E-state index in [9.17, 15) is 5.11 Å². The van der Waals surface area contributed by atoms with Gasteiger partial charge in [0.25, 0.3) is 0 Å². The third-order valence-corrected chi connectivity index (χ3v) is 3.20. The van der Waals surface area contributed by atoms with Crippen molar-refractivity contribution >= 4 is 0 Å². The van der Waals surface area contributed by atoms with Gasteiger partial charge in [-0.2, -0.15) is 0 Å². The number of nitrogens with zero attached hydrogens (tertiary/aromatic N) is 1. The third-order valence-electron chi connectivity index (χ3n) is 3.20. The number of aliphatic hydroxyl groups excluding tert-OH is 1. The molecule has 2 nitrogen and oxygen atoms in total. The molecule has 0 aliphatic heterocycles. The minimum atomic E-state index is -0.559. The first-order chi connectivity index (χ1) is 9.08. The molecular weight excluding hydrogens is 234 g/mol. The molecule has 0 heterocycles. The molecule has 0 radical (unpaired) electrons. The van der Waals surface area contributed by atoms with Gasteiger partial charge in [0.2, 0.25) is 0 Å². The Balaban J connectivity index is 2.39. The largest absolute Gasteiger partial charge is 0.384 e. The average Bonchev–Trinajstić information content (AvgIpc) is 2.40. The van der Waals surface area contributed by atoms with Crippen molar-refractivity contribution in [1.29, 1.82) is 0 Å². The molecule has 1 N–H and O–H groups in total. The molecule has 0 aliphatic rings. The van der Waals surface area contributed by atoms with Crippen molar-refractivity contribution in [2.24, 2.45) is 0 Å². The van der Waals surface area contributed by atoms with Gasteiger partial charge in [0.1, 0.15) is 6.10 Å². The second-order valence-corrected chi connectivity index (χ2v) is 5.25. The van der Waals surface area contributed by atoms with Crippen LogP contribution in [0.1, 0.15) is 28.4 Å². The lowest BCUT2D eigenvalue weighted by Gasteiger charge is -2.19. The Bertz CT molecular complexity index is 534. The highest BCUT2D eigenvalue weighted by atomic mass is 16.3. The van der Waals surface area contributed by atoms with E-state index in [-0.39, 0.29) is 0 Å². The van der Waals surface area contributed by atoms with Gasteiger partial charge in [-0.3, -0.25) is 0 Å². The molecule has 0 aliphatic carbocycles. The predicted octanol–water partition coefficient (Wildman–Crippen LogP) is 3.14. The first-order valence-corrected chi connectivity index (χ1v) is 6.55. The van der Waals surface area contributed by atoms with Crippen LogP contribution in [0.5, 0.6) is 0 Å². The van der Waals surface area contributed by atoms with E-state index in [1.807, 2.05) is 44.4 Å². The van der Waals surface area contributed by atoms with Gasteiger partial charge in [-0.15, -0.1) is 0 Å². The van der Waals surface area contributed by atoms with E-state index >= 15 is 0 Å². The fourth-order valence-electron chi connectivity index (χ4n) is 2.27. The van der Waals surface area contributed by atoms with E-state index in [1.54, 1.807) is 0 Å². The number of aryl methyl sites for hydroxylation is 1. The zero-order valence-electron chi connectivity index (χ0n) is 11.8. The van der Waals surface area contributed by atoms with Gasteiger partial charge in [0, 0.05) is 6.54 Å². The lowest BCUT2D eigenvalue weighted by Crippen LogP contribution is -2.14. The maximum absolute atomic E-state index is 10.6. The molecular formula is C17H21NO. The number of aliphatic hydroxyl groups is 1. The second-order valence-electron chi connectivity index (χ2n) is 5.25. The van der Waals surface area contributed by atoms with Crippen molar-refractivity contribution in [1.82, 2.24) is 4.90 Å². The van der Waals surface area contributed by atoms with Gasteiger partial charge >= 0.3 is 0 Å². The lowest BCUT2D eigenvalue weighted by molar-refractivity contribution is 0.217. The summed E-state index contributed by atoms with van der Waals surface area (Å²) in [6.07, 6.45) is -0.559. The summed E-state index contributed by atoms with van der Waals surface area (Å²) in [5.74, 6) is 0. The van der Waals surface area contributed by atoms with Crippen molar-refractivity contribution in [2.75, 3.05) is 14.1 Å². The van der Waals surface area contributed by atoms with Crippen LogP contribution < -0.4 is 0 Å². The molecule has 0 aromatic heterocycles. The quantitative estimate of drug-likeness (QED) is 0.907. The molecule has 2 rings (SSSR count). The van der Waals surface area contributed by atoms with Crippen LogP contribution in [-0.4, -0.2) is 24.1 Å². The Morgan fingerprint density at radius 1 is 1.05 bits per heavy atom. The van der Waals surface area contributed by atoms with Gasteiger partial charge in [-0.1, -0.05) is 54.1 Å². The number of benzene rings is 2. The Morgan fingerprint density at radius 2 is 1.74 bits per heavy atom. The highest BCUT2D eigenvalue weighted by molar-refractivity contribution is 5.38. The Morgan fingerprint density at radius 3 is 2.37 bits per heavy atom. The van der Waals surface area contributed by atoms with Crippen LogP contribution in [0.3, 0.4) is 0 Å². The summed E-state index contributed by atoms with van der Waals surface area (Å²) < 4.78 is 0. The molecule has 0 bridgehead atoms. The molecule has 19 heavy (non-hydrogen) atoms. The van der Waals surface area contributed by atoms with Gasteiger partial charge in [0.15, 0.2) is 0 Å². The summed E-state index contributed by atoms with van der Waals surface area (Å²) >= 11 is 0. The minimum absolute atomic E-state index is 0.559. The van der Waals surface area contributed by atoms with Crippen LogP contribution in [-0.2, 0) is 6.54 Å². The molecule has 0 amide bonds. The van der Waals surface area contributed by atoms with E-state index in [4.69, 9.17) is 0 Å². The molecule has 0 spiro atoms. The van der Waals surface area contributed by atoms with Crippen molar-refractivity contribution in [3.8, 4) is 0 Å². The highest BCUT2D eigenvalue weighted by Crippen LogP contribution is 2.26. The van der Waals surface area contributed by atoms with Gasteiger partial charge in [-0.25, -0.2) is 0 Å². The molecule has 0 fully saturated rings. The Kier molecular flexibility index (Phi) is 4.35. The first kappa shape index (κ1) is 13.8. The van der Waals surface area contributed by atoms with Gasteiger partial charge in [-0.05, 0) is 37.7 Å². The Hall–Kier alpha value is -1.64.